The second-order valence-corrected chi connectivity index (χ2v) is 2.11. The highest BCUT2D eigenvalue weighted by Crippen LogP contribution is 2.37. The van der Waals surface area contributed by atoms with Crippen molar-refractivity contribution in [2.75, 3.05) is 5.73 Å². The van der Waals surface area contributed by atoms with Gasteiger partial charge in [0.05, 0.1) is 0 Å². The van der Waals surface area contributed by atoms with Gasteiger partial charge in [-0.2, -0.15) is 13.2 Å². The number of alkyl halides is 5. The molecule has 0 unspecified atom stereocenters. The Morgan fingerprint density at radius 3 is 2.08 bits per heavy atom. The summed E-state index contributed by atoms with van der Waals surface area (Å²) < 4.78 is 63.1. The Morgan fingerprint density at radius 2 is 1.85 bits per heavy atom. The van der Waals surface area contributed by atoms with E-state index in [1.807, 2.05) is 0 Å². The fourth-order valence-electron chi connectivity index (χ4n) is 0.672. The maximum Gasteiger partial charge on any atom is 0.438 e. The van der Waals surface area contributed by atoms with Crippen LogP contribution < -0.4 is 5.73 Å². The molecule has 0 atom stereocenters. The van der Waals surface area contributed by atoms with Crippen molar-refractivity contribution in [3.05, 3.63) is 11.5 Å². The predicted molar refractivity (Wildman–Crippen MR) is 30.9 cm³/mol. The number of nitrogens with two attached hydrogens (primary N) is 1. The van der Waals surface area contributed by atoms with Gasteiger partial charge in [0, 0.05) is 0 Å². The molecule has 0 aliphatic carbocycles. The third kappa shape index (κ3) is 1.70. The molecule has 1 aromatic rings. The van der Waals surface area contributed by atoms with Crippen LogP contribution in [-0.4, -0.2) is 5.16 Å². The summed E-state index contributed by atoms with van der Waals surface area (Å²) in [5.41, 5.74) is 1.95. The molecule has 74 valence electrons. The highest BCUT2D eigenvalue weighted by molar-refractivity contribution is 5.47. The average Bonchev–Trinajstić information content (AvgIpc) is 2.28. The van der Waals surface area contributed by atoms with Crippen LogP contribution in [0.25, 0.3) is 0 Å². The highest BCUT2D eigenvalue weighted by atomic mass is 19.4. The largest absolute Gasteiger partial charge is 0.438 e. The fourth-order valence-corrected chi connectivity index (χ4v) is 0.672. The molecule has 0 aromatic carbocycles. The molecular formula is C5H3F5N2O. The molecule has 0 saturated heterocycles. The summed E-state index contributed by atoms with van der Waals surface area (Å²) >= 11 is 0. The first-order valence-electron chi connectivity index (χ1n) is 2.94. The lowest BCUT2D eigenvalue weighted by Crippen LogP contribution is -2.08. The van der Waals surface area contributed by atoms with Gasteiger partial charge in [-0.1, -0.05) is 5.16 Å². The van der Waals surface area contributed by atoms with Crippen molar-refractivity contribution >= 4 is 5.69 Å². The molecular weight excluding hydrogens is 199 g/mol. The third-order valence-corrected chi connectivity index (χ3v) is 1.22. The van der Waals surface area contributed by atoms with Crippen molar-refractivity contribution in [3.63, 3.8) is 0 Å². The molecule has 0 aliphatic rings. The van der Waals surface area contributed by atoms with Gasteiger partial charge in [-0.05, 0) is 0 Å². The molecule has 13 heavy (non-hydrogen) atoms. The molecule has 8 heteroatoms. The molecule has 1 rings (SSSR count). The van der Waals surface area contributed by atoms with E-state index in [0.29, 0.717) is 0 Å². The normalized spacial score (nSPS) is 12.5. The number of halogens is 5. The van der Waals surface area contributed by atoms with Crippen LogP contribution in [0.1, 0.15) is 17.9 Å². The van der Waals surface area contributed by atoms with E-state index in [2.05, 4.69) is 9.68 Å². The molecule has 0 fully saturated rings. The van der Waals surface area contributed by atoms with Gasteiger partial charge in [0.25, 0.3) is 6.43 Å². The van der Waals surface area contributed by atoms with Gasteiger partial charge in [0.1, 0.15) is 5.69 Å². The number of hydrogen-bond donors (Lipinski definition) is 1. The maximum atomic E-state index is 11.9. The van der Waals surface area contributed by atoms with E-state index >= 15 is 0 Å². The molecule has 2 N–H and O–H groups in total. The lowest BCUT2D eigenvalue weighted by atomic mass is 10.3. The van der Waals surface area contributed by atoms with Gasteiger partial charge in [0.2, 0.25) is 11.5 Å². The Bertz CT molecular complexity index is 304. The van der Waals surface area contributed by atoms with Crippen LogP contribution in [0, 0.1) is 0 Å². The maximum absolute atomic E-state index is 11.9. The lowest BCUT2D eigenvalue weighted by molar-refractivity contribution is -0.142. The van der Waals surface area contributed by atoms with Crippen LogP contribution in [0.2, 0.25) is 0 Å². The molecule has 3 nitrogen and oxygen atoms in total. The van der Waals surface area contributed by atoms with Crippen LogP contribution in [0.4, 0.5) is 27.6 Å². The van der Waals surface area contributed by atoms with Crippen molar-refractivity contribution in [1.29, 1.82) is 0 Å². The zero-order valence-corrected chi connectivity index (χ0v) is 5.90. The van der Waals surface area contributed by atoms with Crippen LogP contribution in [-0.2, 0) is 6.18 Å². The first-order chi connectivity index (χ1) is 5.84. The van der Waals surface area contributed by atoms with E-state index in [1.165, 1.54) is 0 Å². The topological polar surface area (TPSA) is 52.0 Å². The van der Waals surface area contributed by atoms with E-state index in [1.54, 1.807) is 0 Å². The molecule has 1 aromatic heterocycles. The van der Waals surface area contributed by atoms with E-state index in [4.69, 9.17) is 5.73 Å². The number of nitrogen functional groups attached to an aromatic ring is 1. The quantitative estimate of drug-likeness (QED) is 0.710. The Kier molecular flexibility index (Phi) is 2.14. The number of nitrogens with zero attached hydrogens (tertiary/aromatic N) is 1. The SMILES string of the molecule is Nc1c(C(F)(F)F)noc1C(F)F. The minimum absolute atomic E-state index is 1.16. The van der Waals surface area contributed by atoms with Crippen molar-refractivity contribution in [2.24, 2.45) is 0 Å². The van der Waals surface area contributed by atoms with Gasteiger partial charge in [-0.3, -0.25) is 0 Å². The van der Waals surface area contributed by atoms with Crippen LogP contribution in [0.15, 0.2) is 4.52 Å². The van der Waals surface area contributed by atoms with Gasteiger partial charge in [-0.25, -0.2) is 8.78 Å². The molecule has 1 heterocycles. The van der Waals surface area contributed by atoms with E-state index in [0.717, 1.165) is 0 Å². The summed E-state index contributed by atoms with van der Waals surface area (Å²) in [5, 5.41) is 2.40. The van der Waals surface area contributed by atoms with Crippen molar-refractivity contribution < 1.29 is 26.5 Å². The molecule has 0 spiro atoms. The number of hydrogen-bond acceptors (Lipinski definition) is 3. The van der Waals surface area contributed by atoms with E-state index in [9.17, 15) is 22.0 Å². The predicted octanol–water partition coefficient (Wildman–Crippen LogP) is 2.21. The van der Waals surface area contributed by atoms with Gasteiger partial charge in [0.15, 0.2) is 0 Å². The second kappa shape index (κ2) is 2.86. The Hall–Kier alpha value is -1.34. The number of anilines is 1. The van der Waals surface area contributed by atoms with Gasteiger partial charge in [-0.15, -0.1) is 0 Å². The van der Waals surface area contributed by atoms with Crippen molar-refractivity contribution in [3.8, 4) is 0 Å². The minimum atomic E-state index is -4.87. The lowest BCUT2D eigenvalue weighted by Gasteiger charge is -2.01. The average molecular weight is 202 g/mol. The minimum Gasteiger partial charge on any atom is -0.394 e. The summed E-state index contributed by atoms with van der Waals surface area (Å²) in [7, 11) is 0. The molecule has 0 radical (unpaired) electrons. The Morgan fingerprint density at radius 1 is 1.31 bits per heavy atom. The first kappa shape index (κ1) is 9.75. The van der Waals surface area contributed by atoms with Crippen LogP contribution in [0.3, 0.4) is 0 Å². The molecule has 0 aliphatic heterocycles. The second-order valence-electron chi connectivity index (χ2n) is 2.11. The first-order valence-corrected chi connectivity index (χ1v) is 2.94. The van der Waals surface area contributed by atoms with Gasteiger partial charge < -0.3 is 10.3 Å². The fraction of sp³-hybridized carbons (Fsp3) is 0.400. The standard InChI is InChI=1S/C5H3F5N2O/c6-4(7)2-1(11)3(12-13-2)5(8,9)10/h4H,11H2. The van der Waals surface area contributed by atoms with Crippen LogP contribution >= 0.6 is 0 Å². The summed E-state index contributed by atoms with van der Waals surface area (Å²) in [4.78, 5) is 0. The summed E-state index contributed by atoms with van der Waals surface area (Å²) in [6, 6.07) is 0. The summed E-state index contributed by atoms with van der Waals surface area (Å²) in [6.07, 6.45) is -8.08. The number of rotatable bonds is 1. The van der Waals surface area contributed by atoms with Crippen molar-refractivity contribution in [1.82, 2.24) is 5.16 Å². The summed E-state index contributed by atoms with van der Waals surface area (Å²) in [5.74, 6) is -1.26. The summed E-state index contributed by atoms with van der Waals surface area (Å²) in [6.45, 7) is 0. The third-order valence-electron chi connectivity index (χ3n) is 1.22. The van der Waals surface area contributed by atoms with Crippen LogP contribution in [0.5, 0.6) is 0 Å². The molecule has 0 saturated carbocycles. The smallest absolute Gasteiger partial charge is 0.394 e. The Labute approximate surface area is 68.3 Å². The monoisotopic (exact) mass is 202 g/mol. The number of aromatic nitrogens is 1. The zero-order valence-electron chi connectivity index (χ0n) is 5.90. The molecule has 0 bridgehead atoms. The van der Waals surface area contributed by atoms with Gasteiger partial charge >= 0.3 is 6.18 Å². The molecule has 0 amide bonds. The highest BCUT2D eigenvalue weighted by Gasteiger charge is 2.40. The van der Waals surface area contributed by atoms with Crippen molar-refractivity contribution in [2.45, 2.75) is 12.6 Å². The zero-order chi connectivity index (χ0) is 10.2. The Balaban J connectivity index is 3.14. The van der Waals surface area contributed by atoms with E-state index in [-0.39, 0.29) is 0 Å². The van der Waals surface area contributed by atoms with E-state index < -0.39 is 29.7 Å².